The zero-order chi connectivity index (χ0) is 13.9. The summed E-state index contributed by atoms with van der Waals surface area (Å²) in [4.78, 5) is 27.5. The quantitative estimate of drug-likeness (QED) is 0.863. The van der Waals surface area contributed by atoms with Crippen molar-refractivity contribution >= 4 is 6.41 Å². The number of aromatic nitrogens is 2. The second-order valence-electron chi connectivity index (χ2n) is 5.12. The Morgan fingerprint density at radius 2 is 1.85 bits per heavy atom. The van der Waals surface area contributed by atoms with Crippen LogP contribution >= 0.6 is 0 Å². The fraction of sp³-hybridized carbons (Fsp3) is 0.333. The number of hydrogen-bond acceptors (Lipinski definition) is 2. The Labute approximate surface area is 116 Å². The molecular formula is C15H17N3O2. The number of rotatable bonds is 3. The molecule has 5 nitrogen and oxygen atoms in total. The largest absolute Gasteiger partial charge is 0.345 e. The van der Waals surface area contributed by atoms with Crippen LogP contribution in [0.5, 0.6) is 0 Å². The first-order chi connectivity index (χ1) is 9.78. The van der Waals surface area contributed by atoms with Crippen LogP contribution < -0.4 is 5.69 Å². The van der Waals surface area contributed by atoms with E-state index in [2.05, 4.69) is 4.98 Å². The number of amides is 1. The number of nitrogens with one attached hydrogen (secondary N) is 1. The summed E-state index contributed by atoms with van der Waals surface area (Å²) in [6, 6.07) is 9.98. The van der Waals surface area contributed by atoms with Crippen LogP contribution in [0.3, 0.4) is 0 Å². The summed E-state index contributed by atoms with van der Waals surface area (Å²) in [6.07, 6.45) is 4.42. The molecule has 0 radical (unpaired) electrons. The highest BCUT2D eigenvalue weighted by atomic mass is 16.1. The van der Waals surface area contributed by atoms with E-state index in [1.165, 1.54) is 0 Å². The van der Waals surface area contributed by atoms with Crippen molar-refractivity contribution in [1.82, 2.24) is 14.5 Å². The van der Waals surface area contributed by atoms with Gasteiger partial charge >= 0.3 is 5.69 Å². The topological polar surface area (TPSA) is 58.1 Å². The number of carbonyl (C=O) groups excluding carboxylic acids is 1. The van der Waals surface area contributed by atoms with Crippen molar-refractivity contribution in [1.29, 1.82) is 0 Å². The fourth-order valence-corrected chi connectivity index (χ4v) is 2.71. The Hall–Kier alpha value is -2.30. The van der Waals surface area contributed by atoms with Crippen molar-refractivity contribution in [2.75, 3.05) is 13.1 Å². The van der Waals surface area contributed by atoms with Crippen molar-refractivity contribution in [3.63, 3.8) is 0 Å². The van der Waals surface area contributed by atoms with E-state index in [9.17, 15) is 9.59 Å². The highest BCUT2D eigenvalue weighted by molar-refractivity contribution is 5.57. The summed E-state index contributed by atoms with van der Waals surface area (Å²) in [5.41, 5.74) is 1.77. The molecule has 1 N–H and O–H groups in total. The molecule has 2 heterocycles. The van der Waals surface area contributed by atoms with Gasteiger partial charge in [-0.1, -0.05) is 30.3 Å². The van der Waals surface area contributed by atoms with Crippen LogP contribution in [0.15, 0.2) is 41.3 Å². The first-order valence-electron chi connectivity index (χ1n) is 6.84. The number of aromatic amines is 1. The second-order valence-corrected chi connectivity index (χ2v) is 5.12. The zero-order valence-corrected chi connectivity index (χ0v) is 11.2. The van der Waals surface area contributed by atoms with Gasteiger partial charge in [-0.15, -0.1) is 0 Å². The van der Waals surface area contributed by atoms with Gasteiger partial charge in [0.05, 0.1) is 5.69 Å². The SMILES string of the molecule is O=CN1CCC(n2cc(-c3ccccc3)[nH]c2=O)CC1. The third-order valence-corrected chi connectivity index (χ3v) is 3.87. The van der Waals surface area contributed by atoms with Crippen LogP contribution in [0, 0.1) is 0 Å². The van der Waals surface area contributed by atoms with E-state index in [0.717, 1.165) is 30.5 Å². The Bertz CT molecular complexity index is 637. The average Bonchev–Trinajstić information content (AvgIpc) is 2.90. The highest BCUT2D eigenvalue weighted by Gasteiger charge is 2.21. The average molecular weight is 271 g/mol. The standard InChI is InChI=1S/C15H17N3O2/c19-11-17-8-6-13(7-9-17)18-10-14(16-15(18)20)12-4-2-1-3-5-12/h1-5,10-11,13H,6-9H2,(H,16,20). The summed E-state index contributed by atoms with van der Waals surface area (Å²) in [6.45, 7) is 1.43. The van der Waals surface area contributed by atoms with Crippen LogP contribution in [0.25, 0.3) is 11.3 Å². The summed E-state index contributed by atoms with van der Waals surface area (Å²) in [5, 5.41) is 0. The maximum atomic E-state index is 12.1. The molecule has 1 aliphatic heterocycles. The number of H-pyrrole nitrogens is 1. The van der Waals surface area contributed by atoms with E-state index in [4.69, 9.17) is 0 Å². The summed E-state index contributed by atoms with van der Waals surface area (Å²) >= 11 is 0. The van der Waals surface area contributed by atoms with E-state index in [0.29, 0.717) is 13.1 Å². The van der Waals surface area contributed by atoms with Gasteiger partial charge in [0.1, 0.15) is 0 Å². The van der Waals surface area contributed by atoms with Gasteiger partial charge in [-0.2, -0.15) is 0 Å². The molecule has 0 atom stereocenters. The van der Waals surface area contributed by atoms with Gasteiger partial charge in [0.25, 0.3) is 0 Å². The molecule has 1 saturated heterocycles. The fourth-order valence-electron chi connectivity index (χ4n) is 2.71. The smallest absolute Gasteiger partial charge is 0.326 e. The lowest BCUT2D eigenvalue weighted by atomic mass is 10.1. The Balaban J connectivity index is 1.83. The Morgan fingerprint density at radius 3 is 2.50 bits per heavy atom. The van der Waals surface area contributed by atoms with Crippen LogP contribution in [0.2, 0.25) is 0 Å². The van der Waals surface area contributed by atoms with E-state index in [-0.39, 0.29) is 11.7 Å². The van der Waals surface area contributed by atoms with Crippen molar-refractivity contribution < 1.29 is 4.79 Å². The minimum atomic E-state index is -0.0755. The summed E-state index contributed by atoms with van der Waals surface area (Å²) < 4.78 is 1.77. The van der Waals surface area contributed by atoms with Gasteiger partial charge in [-0.3, -0.25) is 9.36 Å². The third kappa shape index (κ3) is 2.39. The Morgan fingerprint density at radius 1 is 1.15 bits per heavy atom. The number of hydrogen-bond donors (Lipinski definition) is 1. The lowest BCUT2D eigenvalue weighted by Crippen LogP contribution is -2.35. The van der Waals surface area contributed by atoms with Crippen LogP contribution in [-0.4, -0.2) is 34.0 Å². The first kappa shape index (κ1) is 12.7. The lowest BCUT2D eigenvalue weighted by molar-refractivity contribution is -0.119. The molecule has 0 aliphatic carbocycles. The Kier molecular flexibility index (Phi) is 3.41. The minimum absolute atomic E-state index is 0.0755. The number of likely N-dealkylation sites (tertiary alicyclic amines) is 1. The summed E-state index contributed by atoms with van der Waals surface area (Å²) in [7, 11) is 0. The van der Waals surface area contributed by atoms with Gasteiger partial charge < -0.3 is 9.88 Å². The number of carbonyl (C=O) groups is 1. The van der Waals surface area contributed by atoms with Crippen molar-refractivity contribution in [3.8, 4) is 11.3 Å². The van der Waals surface area contributed by atoms with Gasteiger partial charge in [0.2, 0.25) is 6.41 Å². The van der Waals surface area contributed by atoms with Crippen LogP contribution in [-0.2, 0) is 4.79 Å². The van der Waals surface area contributed by atoms with Crippen molar-refractivity contribution in [2.45, 2.75) is 18.9 Å². The molecule has 5 heteroatoms. The number of benzene rings is 1. The lowest BCUT2D eigenvalue weighted by Gasteiger charge is -2.29. The first-order valence-corrected chi connectivity index (χ1v) is 6.84. The molecule has 1 aromatic heterocycles. The van der Waals surface area contributed by atoms with E-state index in [1.807, 2.05) is 36.5 Å². The van der Waals surface area contributed by atoms with Crippen LogP contribution in [0.4, 0.5) is 0 Å². The number of nitrogens with zero attached hydrogens (tertiary/aromatic N) is 2. The number of piperidine rings is 1. The molecule has 2 aromatic rings. The van der Waals surface area contributed by atoms with Gasteiger partial charge in [-0.25, -0.2) is 4.79 Å². The predicted molar refractivity (Wildman–Crippen MR) is 76.4 cm³/mol. The molecule has 1 aromatic carbocycles. The van der Waals surface area contributed by atoms with Gasteiger partial charge in [0, 0.05) is 25.3 Å². The van der Waals surface area contributed by atoms with Crippen molar-refractivity contribution in [2.24, 2.45) is 0 Å². The van der Waals surface area contributed by atoms with E-state index >= 15 is 0 Å². The van der Waals surface area contributed by atoms with E-state index in [1.54, 1.807) is 9.47 Å². The maximum Gasteiger partial charge on any atom is 0.326 e. The third-order valence-electron chi connectivity index (χ3n) is 3.87. The highest BCUT2D eigenvalue weighted by Crippen LogP contribution is 2.22. The molecule has 0 spiro atoms. The maximum absolute atomic E-state index is 12.1. The molecule has 104 valence electrons. The predicted octanol–water partition coefficient (Wildman–Crippen LogP) is 1.64. The molecule has 0 bridgehead atoms. The monoisotopic (exact) mass is 271 g/mol. The van der Waals surface area contributed by atoms with E-state index < -0.39 is 0 Å². The van der Waals surface area contributed by atoms with Crippen LogP contribution in [0.1, 0.15) is 18.9 Å². The van der Waals surface area contributed by atoms with Gasteiger partial charge in [0.15, 0.2) is 0 Å². The summed E-state index contributed by atoms with van der Waals surface area (Å²) in [5.74, 6) is 0. The second kappa shape index (κ2) is 5.36. The molecule has 1 aliphatic rings. The zero-order valence-electron chi connectivity index (χ0n) is 11.2. The van der Waals surface area contributed by atoms with Gasteiger partial charge in [-0.05, 0) is 18.4 Å². The molecule has 3 rings (SSSR count). The molecule has 0 saturated carbocycles. The molecule has 0 unspecified atom stereocenters. The normalized spacial score (nSPS) is 16.3. The molecule has 1 amide bonds. The minimum Gasteiger partial charge on any atom is -0.345 e. The molecule has 1 fully saturated rings. The van der Waals surface area contributed by atoms with Crippen molar-refractivity contribution in [3.05, 3.63) is 47.0 Å². The number of imidazole rings is 1. The molecular weight excluding hydrogens is 254 g/mol. The molecule has 20 heavy (non-hydrogen) atoms.